The van der Waals surface area contributed by atoms with Gasteiger partial charge in [-0.1, -0.05) is 18.2 Å². The number of nitrogens with zero attached hydrogens (tertiary/aromatic N) is 1. The molecule has 23 heavy (non-hydrogen) atoms. The number of benzene rings is 1. The summed E-state index contributed by atoms with van der Waals surface area (Å²) >= 11 is 0. The highest BCUT2D eigenvalue weighted by molar-refractivity contribution is 6.05. The Morgan fingerprint density at radius 3 is 2.43 bits per heavy atom. The van der Waals surface area contributed by atoms with Crippen molar-refractivity contribution in [1.82, 2.24) is 4.98 Å². The minimum Gasteiger partial charge on any atom is -0.448 e. The minimum atomic E-state index is -1.02. The van der Waals surface area contributed by atoms with Gasteiger partial charge in [0.05, 0.1) is 5.69 Å². The Kier molecular flexibility index (Phi) is 5.19. The first kappa shape index (κ1) is 16.4. The van der Waals surface area contributed by atoms with Crippen molar-refractivity contribution < 1.29 is 19.1 Å². The standard InChI is InChI=1S/C17H16N2O4/c1-11(20)13-7-3-4-8-14(13)19-16(21)12(2)23-17(22)15-9-5-6-10-18-15/h3-10,12H,1-2H3,(H,19,21). The van der Waals surface area contributed by atoms with E-state index in [1.807, 2.05) is 0 Å². The molecule has 2 aromatic rings. The summed E-state index contributed by atoms with van der Waals surface area (Å²) in [6.07, 6.45) is 0.439. The monoisotopic (exact) mass is 312 g/mol. The molecule has 0 saturated heterocycles. The van der Waals surface area contributed by atoms with Crippen molar-refractivity contribution in [3.63, 3.8) is 0 Å². The van der Waals surface area contributed by atoms with Crippen molar-refractivity contribution in [1.29, 1.82) is 0 Å². The van der Waals surface area contributed by atoms with Crippen molar-refractivity contribution in [3.05, 3.63) is 59.9 Å². The zero-order valence-corrected chi connectivity index (χ0v) is 12.8. The maximum atomic E-state index is 12.1. The number of rotatable bonds is 5. The number of hydrogen-bond donors (Lipinski definition) is 1. The second-order valence-electron chi connectivity index (χ2n) is 4.85. The number of para-hydroxylation sites is 1. The molecule has 1 N–H and O–H groups in total. The summed E-state index contributed by atoms with van der Waals surface area (Å²) in [4.78, 5) is 39.4. The lowest BCUT2D eigenvalue weighted by Gasteiger charge is -2.14. The van der Waals surface area contributed by atoms with E-state index in [0.29, 0.717) is 11.3 Å². The van der Waals surface area contributed by atoms with Crippen LogP contribution in [0, 0.1) is 0 Å². The molecule has 2 rings (SSSR count). The van der Waals surface area contributed by atoms with Gasteiger partial charge in [0.15, 0.2) is 11.9 Å². The largest absolute Gasteiger partial charge is 0.448 e. The number of aromatic nitrogens is 1. The summed E-state index contributed by atoms with van der Waals surface area (Å²) < 4.78 is 5.07. The maximum Gasteiger partial charge on any atom is 0.357 e. The van der Waals surface area contributed by atoms with E-state index in [2.05, 4.69) is 10.3 Å². The van der Waals surface area contributed by atoms with Gasteiger partial charge in [0, 0.05) is 11.8 Å². The first-order chi connectivity index (χ1) is 11.0. The number of carbonyl (C=O) groups is 3. The van der Waals surface area contributed by atoms with Crippen LogP contribution in [0.1, 0.15) is 34.7 Å². The van der Waals surface area contributed by atoms with E-state index in [0.717, 1.165) is 0 Å². The maximum absolute atomic E-state index is 12.1. The number of Topliss-reactive ketones (excluding diaryl/α,β-unsaturated/α-hetero) is 1. The predicted octanol–water partition coefficient (Wildman–Crippen LogP) is 2.47. The van der Waals surface area contributed by atoms with Crippen LogP contribution in [-0.4, -0.2) is 28.7 Å². The average Bonchev–Trinajstić information content (AvgIpc) is 2.55. The van der Waals surface area contributed by atoms with Crippen LogP contribution in [0.5, 0.6) is 0 Å². The van der Waals surface area contributed by atoms with Gasteiger partial charge in [-0.3, -0.25) is 9.59 Å². The van der Waals surface area contributed by atoms with Crippen molar-refractivity contribution >= 4 is 23.3 Å². The molecular weight excluding hydrogens is 296 g/mol. The third-order valence-electron chi connectivity index (χ3n) is 3.09. The first-order valence-corrected chi connectivity index (χ1v) is 7.02. The van der Waals surface area contributed by atoms with Gasteiger partial charge in [-0.05, 0) is 38.1 Å². The number of ketones is 1. The van der Waals surface area contributed by atoms with E-state index in [1.54, 1.807) is 36.4 Å². The number of ether oxygens (including phenoxy) is 1. The fourth-order valence-corrected chi connectivity index (χ4v) is 1.89. The molecule has 1 atom stereocenters. The predicted molar refractivity (Wildman–Crippen MR) is 84.2 cm³/mol. The van der Waals surface area contributed by atoms with Crippen LogP contribution >= 0.6 is 0 Å². The summed E-state index contributed by atoms with van der Waals surface area (Å²) in [6, 6.07) is 11.5. The third-order valence-corrected chi connectivity index (χ3v) is 3.09. The van der Waals surface area contributed by atoms with Gasteiger partial charge >= 0.3 is 5.97 Å². The lowest BCUT2D eigenvalue weighted by Crippen LogP contribution is -2.30. The first-order valence-electron chi connectivity index (χ1n) is 7.02. The molecule has 0 spiro atoms. The van der Waals surface area contributed by atoms with Crippen LogP contribution < -0.4 is 5.32 Å². The Hall–Kier alpha value is -3.02. The molecule has 0 saturated carbocycles. The summed E-state index contributed by atoms with van der Waals surface area (Å²) in [6.45, 7) is 2.86. The molecule has 0 aliphatic rings. The Morgan fingerprint density at radius 2 is 1.78 bits per heavy atom. The normalized spacial score (nSPS) is 11.4. The van der Waals surface area contributed by atoms with Gasteiger partial charge in [0.25, 0.3) is 5.91 Å². The number of esters is 1. The van der Waals surface area contributed by atoms with E-state index < -0.39 is 18.0 Å². The molecule has 6 nitrogen and oxygen atoms in total. The van der Waals surface area contributed by atoms with E-state index >= 15 is 0 Å². The molecule has 118 valence electrons. The number of amides is 1. The van der Waals surface area contributed by atoms with Crippen LogP contribution in [0.25, 0.3) is 0 Å². The lowest BCUT2D eigenvalue weighted by molar-refractivity contribution is -0.123. The molecule has 0 radical (unpaired) electrons. The highest BCUT2D eigenvalue weighted by atomic mass is 16.5. The van der Waals surface area contributed by atoms with E-state index in [-0.39, 0.29) is 11.5 Å². The Morgan fingerprint density at radius 1 is 1.09 bits per heavy atom. The second kappa shape index (κ2) is 7.31. The topological polar surface area (TPSA) is 85.4 Å². The van der Waals surface area contributed by atoms with E-state index in [9.17, 15) is 14.4 Å². The SMILES string of the molecule is CC(=O)c1ccccc1NC(=O)C(C)OC(=O)c1ccccn1. The second-order valence-corrected chi connectivity index (χ2v) is 4.85. The van der Waals surface area contributed by atoms with Crippen LogP contribution in [0.15, 0.2) is 48.7 Å². The number of anilines is 1. The van der Waals surface area contributed by atoms with Crippen LogP contribution in [-0.2, 0) is 9.53 Å². The molecular formula is C17H16N2O4. The smallest absolute Gasteiger partial charge is 0.357 e. The number of hydrogen-bond acceptors (Lipinski definition) is 5. The summed E-state index contributed by atoms with van der Waals surface area (Å²) in [5.74, 6) is -1.38. The van der Waals surface area contributed by atoms with E-state index in [4.69, 9.17) is 4.74 Å². The molecule has 0 bridgehead atoms. The summed E-state index contributed by atoms with van der Waals surface area (Å²) in [7, 11) is 0. The lowest BCUT2D eigenvalue weighted by atomic mass is 10.1. The van der Waals surface area contributed by atoms with Crippen molar-refractivity contribution in [2.45, 2.75) is 20.0 Å². The summed E-state index contributed by atoms with van der Waals surface area (Å²) in [5, 5.41) is 2.59. The van der Waals surface area contributed by atoms with Crippen LogP contribution in [0.2, 0.25) is 0 Å². The van der Waals surface area contributed by atoms with Crippen molar-refractivity contribution in [3.8, 4) is 0 Å². The fourth-order valence-electron chi connectivity index (χ4n) is 1.89. The van der Waals surface area contributed by atoms with Gasteiger partial charge in [-0.25, -0.2) is 9.78 Å². The number of carbonyl (C=O) groups excluding carboxylic acids is 3. The Bertz CT molecular complexity index is 728. The summed E-state index contributed by atoms with van der Waals surface area (Å²) in [5.41, 5.74) is 0.895. The number of nitrogens with one attached hydrogen (secondary N) is 1. The zero-order chi connectivity index (χ0) is 16.8. The third kappa shape index (κ3) is 4.23. The molecule has 1 heterocycles. The van der Waals surface area contributed by atoms with Gasteiger partial charge < -0.3 is 10.1 Å². The van der Waals surface area contributed by atoms with Crippen molar-refractivity contribution in [2.24, 2.45) is 0 Å². The molecule has 6 heteroatoms. The zero-order valence-electron chi connectivity index (χ0n) is 12.8. The molecule has 1 aromatic heterocycles. The Balaban J connectivity index is 2.04. The van der Waals surface area contributed by atoms with Crippen LogP contribution in [0.3, 0.4) is 0 Å². The molecule has 0 aliphatic heterocycles. The van der Waals surface area contributed by atoms with E-state index in [1.165, 1.54) is 26.1 Å². The van der Waals surface area contributed by atoms with Gasteiger partial charge in [-0.15, -0.1) is 0 Å². The fraction of sp³-hybridized carbons (Fsp3) is 0.176. The minimum absolute atomic E-state index is 0.122. The van der Waals surface area contributed by atoms with Crippen molar-refractivity contribution in [2.75, 3.05) is 5.32 Å². The van der Waals surface area contributed by atoms with Gasteiger partial charge in [0.1, 0.15) is 5.69 Å². The van der Waals surface area contributed by atoms with Gasteiger partial charge in [-0.2, -0.15) is 0 Å². The highest BCUT2D eigenvalue weighted by Crippen LogP contribution is 2.16. The highest BCUT2D eigenvalue weighted by Gasteiger charge is 2.20. The molecule has 1 amide bonds. The van der Waals surface area contributed by atoms with Crippen LogP contribution in [0.4, 0.5) is 5.69 Å². The molecule has 1 unspecified atom stereocenters. The quantitative estimate of drug-likeness (QED) is 0.677. The molecule has 1 aromatic carbocycles. The van der Waals surface area contributed by atoms with Gasteiger partial charge in [0.2, 0.25) is 0 Å². The Labute approximate surface area is 133 Å². The number of pyridine rings is 1. The molecule has 0 aliphatic carbocycles. The average molecular weight is 312 g/mol. The molecule has 0 fully saturated rings.